The summed E-state index contributed by atoms with van der Waals surface area (Å²) in [6.07, 6.45) is 0. The second-order valence-corrected chi connectivity index (χ2v) is 4.56. The summed E-state index contributed by atoms with van der Waals surface area (Å²) < 4.78 is 5.45. The van der Waals surface area contributed by atoms with Crippen molar-refractivity contribution in [3.05, 3.63) is 65.7 Å². The summed E-state index contributed by atoms with van der Waals surface area (Å²) in [5.41, 5.74) is 9.16. The summed E-state index contributed by atoms with van der Waals surface area (Å²) in [5.74, 6) is 0. The van der Waals surface area contributed by atoms with E-state index in [-0.39, 0.29) is 5.41 Å². The topological polar surface area (TPSA) is 35.2 Å². The molecule has 0 radical (unpaired) electrons. The third kappa shape index (κ3) is 1.61. The molecule has 0 spiro atoms. The SMILES string of the molecule is Nc1ccc(C2(c3ccccc3)COC2)cc1. The molecule has 1 heterocycles. The van der Waals surface area contributed by atoms with Crippen LogP contribution in [-0.2, 0) is 10.2 Å². The van der Waals surface area contributed by atoms with E-state index in [0.717, 1.165) is 18.9 Å². The molecule has 1 aliphatic rings. The first-order valence-corrected chi connectivity index (χ1v) is 5.81. The highest BCUT2D eigenvalue weighted by Crippen LogP contribution is 2.39. The van der Waals surface area contributed by atoms with Crippen molar-refractivity contribution in [3.8, 4) is 0 Å². The van der Waals surface area contributed by atoms with Crippen molar-refractivity contribution in [1.82, 2.24) is 0 Å². The average Bonchev–Trinajstić information content (AvgIpc) is 2.32. The van der Waals surface area contributed by atoms with E-state index >= 15 is 0 Å². The van der Waals surface area contributed by atoms with Crippen molar-refractivity contribution in [3.63, 3.8) is 0 Å². The molecule has 0 aromatic heterocycles. The van der Waals surface area contributed by atoms with Gasteiger partial charge < -0.3 is 10.5 Å². The largest absolute Gasteiger partial charge is 0.399 e. The lowest BCUT2D eigenvalue weighted by atomic mass is 9.73. The minimum absolute atomic E-state index is 0.0228. The standard InChI is InChI=1S/C15H15NO/c16-14-8-6-13(7-9-14)15(10-17-11-15)12-4-2-1-3-5-12/h1-9H,10-11,16H2. The molecule has 1 aliphatic heterocycles. The van der Waals surface area contributed by atoms with Crippen molar-refractivity contribution in [2.75, 3.05) is 18.9 Å². The van der Waals surface area contributed by atoms with Gasteiger partial charge in [0, 0.05) is 5.69 Å². The van der Waals surface area contributed by atoms with Crippen LogP contribution in [0.25, 0.3) is 0 Å². The Morgan fingerprint density at radius 3 is 1.94 bits per heavy atom. The number of rotatable bonds is 2. The van der Waals surface area contributed by atoms with Gasteiger partial charge in [-0.3, -0.25) is 0 Å². The van der Waals surface area contributed by atoms with Gasteiger partial charge in [0.2, 0.25) is 0 Å². The van der Waals surface area contributed by atoms with E-state index in [1.54, 1.807) is 0 Å². The maximum Gasteiger partial charge on any atom is 0.0669 e. The van der Waals surface area contributed by atoms with E-state index in [1.165, 1.54) is 11.1 Å². The number of ether oxygens (including phenoxy) is 1. The molecular weight excluding hydrogens is 210 g/mol. The number of hydrogen-bond donors (Lipinski definition) is 1. The molecule has 2 heteroatoms. The van der Waals surface area contributed by atoms with Gasteiger partial charge in [0.15, 0.2) is 0 Å². The number of hydrogen-bond acceptors (Lipinski definition) is 2. The second kappa shape index (κ2) is 3.90. The normalized spacial score (nSPS) is 17.4. The smallest absolute Gasteiger partial charge is 0.0669 e. The summed E-state index contributed by atoms with van der Waals surface area (Å²) in [6.45, 7) is 1.50. The highest BCUT2D eigenvalue weighted by Gasteiger charge is 2.41. The van der Waals surface area contributed by atoms with Crippen LogP contribution in [0, 0.1) is 0 Å². The Morgan fingerprint density at radius 1 is 0.824 bits per heavy atom. The number of nitrogen functional groups attached to an aromatic ring is 1. The van der Waals surface area contributed by atoms with E-state index in [4.69, 9.17) is 10.5 Å². The van der Waals surface area contributed by atoms with Crippen molar-refractivity contribution in [1.29, 1.82) is 0 Å². The van der Waals surface area contributed by atoms with Crippen LogP contribution in [0.1, 0.15) is 11.1 Å². The number of anilines is 1. The zero-order valence-electron chi connectivity index (χ0n) is 9.60. The van der Waals surface area contributed by atoms with Gasteiger partial charge in [0.05, 0.1) is 18.6 Å². The molecule has 2 nitrogen and oxygen atoms in total. The molecule has 1 fully saturated rings. The van der Waals surface area contributed by atoms with E-state index in [1.807, 2.05) is 18.2 Å². The minimum Gasteiger partial charge on any atom is -0.399 e. The van der Waals surface area contributed by atoms with E-state index in [2.05, 4.69) is 36.4 Å². The summed E-state index contributed by atoms with van der Waals surface area (Å²) in [4.78, 5) is 0. The summed E-state index contributed by atoms with van der Waals surface area (Å²) in [5, 5.41) is 0. The Balaban J connectivity index is 2.06. The highest BCUT2D eigenvalue weighted by atomic mass is 16.5. The van der Waals surface area contributed by atoms with Crippen molar-refractivity contribution in [2.45, 2.75) is 5.41 Å². The predicted molar refractivity (Wildman–Crippen MR) is 68.9 cm³/mol. The molecule has 0 aliphatic carbocycles. The van der Waals surface area contributed by atoms with Gasteiger partial charge in [0.25, 0.3) is 0 Å². The molecule has 2 aromatic rings. The number of nitrogens with two attached hydrogens (primary N) is 1. The van der Waals surface area contributed by atoms with Crippen LogP contribution in [-0.4, -0.2) is 13.2 Å². The van der Waals surface area contributed by atoms with Gasteiger partial charge in [-0.25, -0.2) is 0 Å². The Hall–Kier alpha value is -1.80. The lowest BCUT2D eigenvalue weighted by Gasteiger charge is -2.42. The summed E-state index contributed by atoms with van der Waals surface area (Å²) in [7, 11) is 0. The highest BCUT2D eigenvalue weighted by molar-refractivity contribution is 5.47. The molecule has 0 saturated carbocycles. The Kier molecular flexibility index (Phi) is 2.37. The van der Waals surface area contributed by atoms with Gasteiger partial charge in [-0.05, 0) is 23.3 Å². The monoisotopic (exact) mass is 225 g/mol. The zero-order chi connectivity index (χ0) is 11.7. The van der Waals surface area contributed by atoms with Gasteiger partial charge in [-0.2, -0.15) is 0 Å². The Labute approximate surface area is 101 Å². The van der Waals surface area contributed by atoms with Gasteiger partial charge >= 0.3 is 0 Å². The average molecular weight is 225 g/mol. The molecule has 0 unspecified atom stereocenters. The van der Waals surface area contributed by atoms with Crippen LogP contribution in [0.3, 0.4) is 0 Å². The van der Waals surface area contributed by atoms with Gasteiger partial charge in [0.1, 0.15) is 0 Å². The molecule has 0 atom stereocenters. The summed E-state index contributed by atoms with van der Waals surface area (Å²) in [6, 6.07) is 18.6. The minimum atomic E-state index is 0.0228. The van der Waals surface area contributed by atoms with Crippen LogP contribution in [0.5, 0.6) is 0 Å². The lowest BCUT2D eigenvalue weighted by Crippen LogP contribution is -2.47. The van der Waals surface area contributed by atoms with Gasteiger partial charge in [-0.1, -0.05) is 42.5 Å². The van der Waals surface area contributed by atoms with Crippen LogP contribution < -0.4 is 5.73 Å². The van der Waals surface area contributed by atoms with Crippen LogP contribution in [0.15, 0.2) is 54.6 Å². The second-order valence-electron chi connectivity index (χ2n) is 4.56. The lowest BCUT2D eigenvalue weighted by molar-refractivity contribution is -0.0379. The van der Waals surface area contributed by atoms with E-state index in [0.29, 0.717) is 0 Å². The molecule has 2 N–H and O–H groups in total. The van der Waals surface area contributed by atoms with Crippen molar-refractivity contribution in [2.24, 2.45) is 0 Å². The maximum absolute atomic E-state index is 5.74. The van der Waals surface area contributed by atoms with Crippen molar-refractivity contribution >= 4 is 5.69 Å². The first-order chi connectivity index (χ1) is 8.31. The first kappa shape index (κ1) is 10.4. The Morgan fingerprint density at radius 2 is 1.41 bits per heavy atom. The molecular formula is C15H15NO. The predicted octanol–water partition coefficient (Wildman–Crippen LogP) is 2.59. The fraction of sp³-hybridized carbons (Fsp3) is 0.200. The quantitative estimate of drug-likeness (QED) is 0.797. The fourth-order valence-electron chi connectivity index (χ4n) is 2.37. The van der Waals surface area contributed by atoms with Crippen molar-refractivity contribution < 1.29 is 4.74 Å². The first-order valence-electron chi connectivity index (χ1n) is 5.81. The molecule has 86 valence electrons. The van der Waals surface area contributed by atoms with Gasteiger partial charge in [-0.15, -0.1) is 0 Å². The molecule has 17 heavy (non-hydrogen) atoms. The van der Waals surface area contributed by atoms with Crippen LogP contribution in [0.4, 0.5) is 5.69 Å². The maximum atomic E-state index is 5.74. The van der Waals surface area contributed by atoms with Crippen LogP contribution >= 0.6 is 0 Å². The van der Waals surface area contributed by atoms with Crippen LogP contribution in [0.2, 0.25) is 0 Å². The zero-order valence-corrected chi connectivity index (χ0v) is 9.60. The Bertz CT molecular complexity index is 500. The van der Waals surface area contributed by atoms with E-state index < -0.39 is 0 Å². The molecule has 0 bridgehead atoms. The molecule has 3 rings (SSSR count). The molecule has 0 amide bonds. The van der Waals surface area contributed by atoms with E-state index in [9.17, 15) is 0 Å². The molecule has 1 saturated heterocycles. The number of benzene rings is 2. The third-order valence-electron chi connectivity index (χ3n) is 3.49. The fourth-order valence-corrected chi connectivity index (χ4v) is 2.37. The summed E-state index contributed by atoms with van der Waals surface area (Å²) >= 11 is 0. The molecule has 2 aromatic carbocycles. The third-order valence-corrected chi connectivity index (χ3v) is 3.49.